The van der Waals surface area contributed by atoms with Crippen LogP contribution in [0, 0.1) is 11.6 Å². The predicted octanol–water partition coefficient (Wildman–Crippen LogP) is 5.58. The first-order valence-electron chi connectivity index (χ1n) is 11.7. The molecule has 0 saturated carbocycles. The highest BCUT2D eigenvalue weighted by Crippen LogP contribution is 2.41. The summed E-state index contributed by atoms with van der Waals surface area (Å²) in [5, 5.41) is 11.6. The zero-order valence-electron chi connectivity index (χ0n) is 21.2. The van der Waals surface area contributed by atoms with Crippen molar-refractivity contribution in [2.24, 2.45) is 0 Å². The lowest BCUT2D eigenvalue weighted by molar-refractivity contribution is -0.122. The first-order chi connectivity index (χ1) is 19.1. The number of hydrogen-bond donors (Lipinski definition) is 2. The molecule has 3 aromatic carbocycles. The normalized spacial score (nSPS) is 14.0. The molecule has 0 atom stereocenters. The molecule has 3 aromatic rings. The maximum absolute atomic E-state index is 14.0. The number of anilines is 1. The lowest BCUT2D eigenvalue weighted by Gasteiger charge is -2.15. The minimum atomic E-state index is -1.08. The highest BCUT2D eigenvalue weighted by molar-refractivity contribution is 8.26. The number of carboxylic acid groups (broad SMARTS) is 1. The van der Waals surface area contributed by atoms with Crippen molar-refractivity contribution >= 4 is 57.8 Å². The van der Waals surface area contributed by atoms with E-state index < -0.39 is 23.5 Å². The highest BCUT2D eigenvalue weighted by atomic mass is 32.2. The Labute approximate surface area is 237 Å². The molecule has 1 fully saturated rings. The number of carboxylic acids is 1. The van der Waals surface area contributed by atoms with E-state index >= 15 is 0 Å². The SMILES string of the molecule is COc1cc(C=C2SC(=S)N(CCC(=O)Nc3ccc(C(=O)O)cc3)C2=O)cc(-c2ccc(F)c(F)c2)c1OC. The molecule has 206 valence electrons. The molecule has 1 saturated heterocycles. The summed E-state index contributed by atoms with van der Waals surface area (Å²) in [6.45, 7) is 0.0348. The Bertz CT molecular complexity index is 1540. The van der Waals surface area contributed by atoms with E-state index in [2.05, 4.69) is 5.32 Å². The van der Waals surface area contributed by atoms with Gasteiger partial charge in [0.05, 0.1) is 24.7 Å². The van der Waals surface area contributed by atoms with Crippen LogP contribution in [0.25, 0.3) is 17.2 Å². The first-order valence-corrected chi connectivity index (χ1v) is 12.9. The van der Waals surface area contributed by atoms with E-state index in [1.807, 2.05) is 0 Å². The molecule has 40 heavy (non-hydrogen) atoms. The standard InChI is InChI=1S/C28H22F2N2O6S2/c1-37-22-12-15(11-19(25(22)38-2)17-5-8-20(29)21(30)14-17)13-23-26(34)32(28(39)40-23)10-9-24(33)31-18-6-3-16(4-7-18)27(35)36/h3-8,11-14H,9-10H2,1-2H3,(H,31,33)(H,35,36). The van der Waals surface area contributed by atoms with Gasteiger partial charge in [-0.3, -0.25) is 14.5 Å². The summed E-state index contributed by atoms with van der Waals surface area (Å²) >= 11 is 6.43. The molecule has 4 rings (SSSR count). The Morgan fingerprint density at radius 3 is 2.40 bits per heavy atom. The van der Waals surface area contributed by atoms with E-state index in [4.69, 9.17) is 26.8 Å². The Morgan fingerprint density at radius 1 is 1.05 bits per heavy atom. The number of thioether (sulfide) groups is 1. The van der Waals surface area contributed by atoms with Crippen molar-refractivity contribution in [3.8, 4) is 22.6 Å². The van der Waals surface area contributed by atoms with Gasteiger partial charge in [-0.2, -0.15) is 0 Å². The maximum Gasteiger partial charge on any atom is 0.335 e. The lowest BCUT2D eigenvalue weighted by Crippen LogP contribution is -2.31. The van der Waals surface area contributed by atoms with Crippen molar-refractivity contribution in [3.05, 3.63) is 82.3 Å². The van der Waals surface area contributed by atoms with Crippen LogP contribution in [-0.4, -0.2) is 52.9 Å². The van der Waals surface area contributed by atoms with Gasteiger partial charge in [0, 0.05) is 24.2 Å². The minimum absolute atomic E-state index is 0.0348. The van der Waals surface area contributed by atoms with Crippen molar-refractivity contribution < 1.29 is 37.7 Å². The van der Waals surface area contributed by atoms with Gasteiger partial charge in [0.2, 0.25) is 5.91 Å². The van der Waals surface area contributed by atoms with Crippen LogP contribution in [0.2, 0.25) is 0 Å². The fraction of sp³-hybridized carbons (Fsp3) is 0.143. The van der Waals surface area contributed by atoms with Crippen LogP contribution in [0.4, 0.5) is 14.5 Å². The third-order valence-electron chi connectivity index (χ3n) is 5.88. The first kappa shape index (κ1) is 28.7. The van der Waals surface area contributed by atoms with Crippen LogP contribution < -0.4 is 14.8 Å². The largest absolute Gasteiger partial charge is 0.493 e. The molecule has 1 aliphatic heterocycles. The number of benzene rings is 3. The summed E-state index contributed by atoms with van der Waals surface area (Å²) in [5.74, 6) is -3.23. The molecule has 1 aliphatic rings. The number of amides is 2. The minimum Gasteiger partial charge on any atom is -0.493 e. The molecule has 2 N–H and O–H groups in total. The molecule has 0 radical (unpaired) electrons. The smallest absolute Gasteiger partial charge is 0.335 e. The number of rotatable bonds is 9. The molecule has 0 unspecified atom stereocenters. The molecule has 1 heterocycles. The zero-order valence-corrected chi connectivity index (χ0v) is 22.8. The second-order valence-electron chi connectivity index (χ2n) is 8.45. The van der Waals surface area contributed by atoms with E-state index in [1.54, 1.807) is 18.2 Å². The van der Waals surface area contributed by atoms with Crippen LogP contribution in [0.15, 0.2) is 59.5 Å². The van der Waals surface area contributed by atoms with Crippen molar-refractivity contribution in [2.45, 2.75) is 6.42 Å². The number of halogens is 2. The third kappa shape index (κ3) is 6.29. The molecule has 0 spiro atoms. The van der Waals surface area contributed by atoms with Crippen LogP contribution in [-0.2, 0) is 9.59 Å². The lowest BCUT2D eigenvalue weighted by atomic mass is 10.0. The van der Waals surface area contributed by atoms with E-state index in [0.29, 0.717) is 38.8 Å². The quantitative estimate of drug-likeness (QED) is 0.248. The number of carbonyl (C=O) groups is 3. The number of methoxy groups -OCH3 is 2. The van der Waals surface area contributed by atoms with E-state index in [0.717, 1.165) is 23.9 Å². The van der Waals surface area contributed by atoms with Gasteiger partial charge in [-0.05, 0) is 65.7 Å². The second kappa shape index (κ2) is 12.3. The third-order valence-corrected chi connectivity index (χ3v) is 7.26. The van der Waals surface area contributed by atoms with Gasteiger partial charge < -0.3 is 19.9 Å². The second-order valence-corrected chi connectivity index (χ2v) is 10.1. The average Bonchev–Trinajstić information content (AvgIpc) is 3.20. The Morgan fingerprint density at radius 2 is 1.77 bits per heavy atom. The van der Waals surface area contributed by atoms with Gasteiger partial charge in [0.15, 0.2) is 23.1 Å². The molecule has 8 nitrogen and oxygen atoms in total. The summed E-state index contributed by atoms with van der Waals surface area (Å²) in [6.07, 6.45) is 1.55. The van der Waals surface area contributed by atoms with Gasteiger partial charge in [-0.15, -0.1) is 0 Å². The number of hydrogen-bond acceptors (Lipinski definition) is 7. The number of nitrogens with one attached hydrogen (secondary N) is 1. The van der Waals surface area contributed by atoms with Crippen molar-refractivity contribution in [1.82, 2.24) is 4.90 Å². The summed E-state index contributed by atoms with van der Waals surface area (Å²) in [4.78, 5) is 38.1. The Balaban J connectivity index is 1.51. The van der Waals surface area contributed by atoms with Gasteiger partial charge >= 0.3 is 5.97 Å². The van der Waals surface area contributed by atoms with Crippen LogP contribution in [0.5, 0.6) is 11.5 Å². The number of thiocarbonyl (C=S) groups is 1. The van der Waals surface area contributed by atoms with Crippen LogP contribution in [0.3, 0.4) is 0 Å². The molecular weight excluding hydrogens is 562 g/mol. The van der Waals surface area contributed by atoms with E-state index in [9.17, 15) is 23.2 Å². The molecular formula is C28H22F2N2O6S2. The Kier molecular flexibility index (Phi) is 8.80. The number of nitrogens with zero attached hydrogens (tertiary/aromatic N) is 1. The number of carbonyl (C=O) groups excluding carboxylic acids is 2. The topological polar surface area (TPSA) is 105 Å². The van der Waals surface area contributed by atoms with Crippen LogP contribution >= 0.6 is 24.0 Å². The molecule has 12 heteroatoms. The van der Waals surface area contributed by atoms with Crippen molar-refractivity contribution in [2.75, 3.05) is 26.1 Å². The molecule has 0 aliphatic carbocycles. The van der Waals surface area contributed by atoms with Crippen LogP contribution in [0.1, 0.15) is 22.3 Å². The van der Waals surface area contributed by atoms with Gasteiger partial charge in [-0.25, -0.2) is 13.6 Å². The van der Waals surface area contributed by atoms with E-state index in [1.165, 1.54) is 49.5 Å². The highest BCUT2D eigenvalue weighted by Gasteiger charge is 2.32. The predicted molar refractivity (Wildman–Crippen MR) is 151 cm³/mol. The monoisotopic (exact) mass is 584 g/mol. The number of ether oxygens (including phenoxy) is 2. The van der Waals surface area contributed by atoms with Gasteiger partial charge in [0.1, 0.15) is 4.32 Å². The summed E-state index contributed by atoms with van der Waals surface area (Å²) in [5.41, 5.74) is 1.82. The molecule has 2 amide bonds. The Hall–Kier alpha value is -4.29. The summed E-state index contributed by atoms with van der Waals surface area (Å²) in [7, 11) is 2.86. The van der Waals surface area contributed by atoms with E-state index in [-0.39, 0.29) is 28.8 Å². The van der Waals surface area contributed by atoms with Crippen molar-refractivity contribution in [3.63, 3.8) is 0 Å². The zero-order chi connectivity index (χ0) is 29.0. The van der Waals surface area contributed by atoms with Gasteiger partial charge in [0.25, 0.3) is 5.91 Å². The summed E-state index contributed by atoms with van der Waals surface area (Å²) < 4.78 is 38.7. The number of aromatic carboxylic acids is 1. The average molecular weight is 585 g/mol. The summed E-state index contributed by atoms with van der Waals surface area (Å²) in [6, 6.07) is 12.4. The van der Waals surface area contributed by atoms with Gasteiger partial charge in [-0.1, -0.05) is 30.0 Å². The maximum atomic E-state index is 14.0. The fourth-order valence-corrected chi connectivity index (χ4v) is 5.23. The molecule has 0 bridgehead atoms. The molecule has 0 aromatic heterocycles. The fourth-order valence-electron chi connectivity index (χ4n) is 3.92. The van der Waals surface area contributed by atoms with Crippen molar-refractivity contribution in [1.29, 1.82) is 0 Å².